The zero-order valence-corrected chi connectivity index (χ0v) is 18.4. The van der Waals surface area contributed by atoms with Crippen molar-refractivity contribution in [1.29, 1.82) is 0 Å². The van der Waals surface area contributed by atoms with Crippen molar-refractivity contribution in [2.75, 3.05) is 19.0 Å². The summed E-state index contributed by atoms with van der Waals surface area (Å²) in [6.45, 7) is 2.01. The molecule has 1 saturated heterocycles. The first-order chi connectivity index (χ1) is 15.8. The van der Waals surface area contributed by atoms with Crippen molar-refractivity contribution in [2.24, 2.45) is 5.92 Å². The monoisotopic (exact) mass is 451 g/mol. The van der Waals surface area contributed by atoms with Gasteiger partial charge in [0.05, 0.1) is 0 Å². The number of hydrogen-bond acceptors (Lipinski definition) is 5. The van der Waals surface area contributed by atoms with Gasteiger partial charge in [-0.25, -0.2) is 4.39 Å². The first-order valence-corrected chi connectivity index (χ1v) is 11.2. The van der Waals surface area contributed by atoms with Gasteiger partial charge in [-0.2, -0.15) is 0 Å². The van der Waals surface area contributed by atoms with E-state index in [1.165, 1.54) is 17.0 Å². The fourth-order valence-corrected chi connectivity index (χ4v) is 4.91. The van der Waals surface area contributed by atoms with E-state index in [4.69, 9.17) is 10.5 Å². The number of anilines is 1. The lowest BCUT2D eigenvalue weighted by Crippen LogP contribution is -2.48. The molecule has 3 aliphatic rings. The second kappa shape index (κ2) is 7.95. The van der Waals surface area contributed by atoms with Crippen molar-refractivity contribution < 1.29 is 23.5 Å². The number of carbonyl (C=O) groups is 3. The van der Waals surface area contributed by atoms with Crippen LogP contribution in [0.3, 0.4) is 0 Å². The van der Waals surface area contributed by atoms with Gasteiger partial charge in [0.1, 0.15) is 19.1 Å². The zero-order valence-electron chi connectivity index (χ0n) is 18.4. The standard InChI is InChI=1S/C25H26FN3O4/c1-15(17-4-5-17)29(12-16-2-6-19(26)7-3-16)23(31)13-28-14-33-25(24(28)32)21-9-8-20(27)10-18(21)11-22(25)30/h2-3,6-10,15,17H,4-5,11-14,27H2,1H3/t15-,25-/m0/s1. The number of nitrogens with zero attached hydrogens (tertiary/aromatic N) is 2. The number of nitrogen functional groups attached to an aromatic ring is 1. The molecule has 1 aliphatic heterocycles. The van der Waals surface area contributed by atoms with Crippen LogP contribution in [0.25, 0.3) is 0 Å². The maximum atomic E-state index is 13.4. The summed E-state index contributed by atoms with van der Waals surface area (Å²) in [6.07, 6.45) is 2.18. The molecule has 1 spiro atoms. The summed E-state index contributed by atoms with van der Waals surface area (Å²) in [6, 6.07) is 11.1. The highest BCUT2D eigenvalue weighted by molar-refractivity contribution is 6.15. The van der Waals surface area contributed by atoms with Crippen LogP contribution in [-0.2, 0) is 37.7 Å². The number of halogens is 1. The molecular weight excluding hydrogens is 425 g/mol. The second-order valence-corrected chi connectivity index (χ2v) is 9.20. The van der Waals surface area contributed by atoms with Gasteiger partial charge in [0.25, 0.3) is 5.91 Å². The molecule has 2 atom stereocenters. The van der Waals surface area contributed by atoms with Gasteiger partial charge in [-0.3, -0.25) is 14.4 Å². The van der Waals surface area contributed by atoms with E-state index in [1.54, 1.807) is 35.2 Å². The van der Waals surface area contributed by atoms with Crippen LogP contribution >= 0.6 is 0 Å². The molecule has 8 heteroatoms. The fraction of sp³-hybridized carbons (Fsp3) is 0.400. The highest BCUT2D eigenvalue weighted by Gasteiger charge is 2.59. The smallest absolute Gasteiger partial charge is 0.269 e. The summed E-state index contributed by atoms with van der Waals surface area (Å²) < 4.78 is 19.1. The van der Waals surface area contributed by atoms with Gasteiger partial charge >= 0.3 is 0 Å². The van der Waals surface area contributed by atoms with Crippen molar-refractivity contribution >= 4 is 23.3 Å². The fourth-order valence-electron chi connectivity index (χ4n) is 4.91. The Balaban J connectivity index is 1.36. The number of hydrogen-bond donors (Lipinski definition) is 1. The van der Waals surface area contributed by atoms with Crippen LogP contribution in [0.5, 0.6) is 0 Å². The van der Waals surface area contributed by atoms with Gasteiger partial charge in [-0.05, 0) is 61.1 Å². The van der Waals surface area contributed by atoms with E-state index < -0.39 is 11.5 Å². The first kappa shape index (κ1) is 21.6. The summed E-state index contributed by atoms with van der Waals surface area (Å²) in [4.78, 5) is 42.7. The molecule has 0 aromatic heterocycles. The van der Waals surface area contributed by atoms with Crippen LogP contribution in [-0.4, -0.2) is 46.7 Å². The Hall–Kier alpha value is -3.26. The van der Waals surface area contributed by atoms with E-state index in [-0.39, 0.29) is 43.2 Å². The van der Waals surface area contributed by atoms with E-state index in [1.807, 2.05) is 6.92 Å². The lowest BCUT2D eigenvalue weighted by molar-refractivity contribution is -0.149. The van der Waals surface area contributed by atoms with Crippen LogP contribution in [0.1, 0.15) is 36.5 Å². The molecule has 1 saturated carbocycles. The van der Waals surface area contributed by atoms with Crippen molar-refractivity contribution in [3.63, 3.8) is 0 Å². The highest BCUT2D eigenvalue weighted by atomic mass is 19.1. The summed E-state index contributed by atoms with van der Waals surface area (Å²) in [5, 5.41) is 0. The average molecular weight is 451 g/mol. The molecule has 7 nitrogen and oxygen atoms in total. The van der Waals surface area contributed by atoms with Gasteiger partial charge in [0.2, 0.25) is 11.5 Å². The SMILES string of the molecule is C[C@@H](C1CC1)N(Cc1ccc(F)cc1)C(=O)CN1CO[C@@]2(C(=O)Cc3cc(N)ccc32)C1=O. The number of Topliss-reactive ketones (excluding diaryl/α,β-unsaturated/α-hetero) is 1. The maximum absolute atomic E-state index is 13.4. The van der Waals surface area contributed by atoms with E-state index in [0.29, 0.717) is 29.3 Å². The van der Waals surface area contributed by atoms with E-state index in [0.717, 1.165) is 18.4 Å². The van der Waals surface area contributed by atoms with Crippen LogP contribution < -0.4 is 5.73 Å². The molecule has 2 aliphatic carbocycles. The molecule has 2 amide bonds. The minimum absolute atomic E-state index is 0.00745. The third kappa shape index (κ3) is 3.68. The predicted molar refractivity (Wildman–Crippen MR) is 118 cm³/mol. The number of nitrogens with two attached hydrogens (primary N) is 1. The quantitative estimate of drug-likeness (QED) is 0.538. The summed E-state index contributed by atoms with van der Waals surface area (Å²) in [5.41, 5.74) is 6.67. The number of rotatable bonds is 6. The molecule has 2 fully saturated rings. The normalized spacial score (nSPS) is 22.7. The van der Waals surface area contributed by atoms with Crippen molar-refractivity contribution in [1.82, 2.24) is 9.80 Å². The van der Waals surface area contributed by atoms with Gasteiger partial charge in [0.15, 0.2) is 5.78 Å². The van der Waals surface area contributed by atoms with Gasteiger partial charge in [-0.15, -0.1) is 0 Å². The van der Waals surface area contributed by atoms with E-state index >= 15 is 0 Å². The predicted octanol–water partition coefficient (Wildman–Crippen LogP) is 2.37. The Morgan fingerprint density at radius 1 is 1.24 bits per heavy atom. The van der Waals surface area contributed by atoms with Crippen LogP contribution in [0, 0.1) is 11.7 Å². The van der Waals surface area contributed by atoms with Gasteiger partial charge in [0, 0.05) is 30.3 Å². The molecule has 2 aromatic rings. The molecular formula is C25H26FN3O4. The van der Waals surface area contributed by atoms with E-state index in [2.05, 4.69) is 0 Å². The summed E-state index contributed by atoms with van der Waals surface area (Å²) >= 11 is 0. The average Bonchev–Trinajstić information content (AvgIpc) is 3.54. The molecule has 0 bridgehead atoms. The number of carbonyl (C=O) groups excluding carboxylic acids is 3. The number of benzene rings is 2. The molecule has 5 rings (SSSR count). The third-order valence-electron chi connectivity index (χ3n) is 6.99. The second-order valence-electron chi connectivity index (χ2n) is 9.20. The summed E-state index contributed by atoms with van der Waals surface area (Å²) in [5.74, 6) is -0.987. The Morgan fingerprint density at radius 2 is 1.97 bits per heavy atom. The lowest BCUT2D eigenvalue weighted by atomic mass is 9.94. The number of fused-ring (bicyclic) bond motifs is 2. The van der Waals surface area contributed by atoms with Crippen molar-refractivity contribution in [3.8, 4) is 0 Å². The number of ether oxygens (including phenoxy) is 1. The minimum atomic E-state index is -1.69. The van der Waals surface area contributed by atoms with Crippen LogP contribution in [0.2, 0.25) is 0 Å². The van der Waals surface area contributed by atoms with Crippen molar-refractivity contribution in [3.05, 3.63) is 65.0 Å². The molecule has 1 heterocycles. The number of amides is 2. The Bertz CT molecular complexity index is 1130. The molecule has 2 aromatic carbocycles. The maximum Gasteiger partial charge on any atom is 0.269 e. The first-order valence-electron chi connectivity index (χ1n) is 11.2. The molecule has 33 heavy (non-hydrogen) atoms. The van der Waals surface area contributed by atoms with Crippen LogP contribution in [0.4, 0.5) is 10.1 Å². The molecule has 0 radical (unpaired) electrons. The molecule has 172 valence electrons. The topological polar surface area (TPSA) is 92.9 Å². The lowest BCUT2D eigenvalue weighted by Gasteiger charge is -2.31. The molecule has 2 N–H and O–H groups in total. The zero-order chi connectivity index (χ0) is 23.3. The van der Waals surface area contributed by atoms with Gasteiger partial charge in [-0.1, -0.05) is 18.2 Å². The minimum Gasteiger partial charge on any atom is -0.399 e. The van der Waals surface area contributed by atoms with Crippen molar-refractivity contribution in [2.45, 2.75) is 44.4 Å². The van der Waals surface area contributed by atoms with E-state index in [9.17, 15) is 18.8 Å². The van der Waals surface area contributed by atoms with Gasteiger partial charge < -0.3 is 20.3 Å². The highest BCUT2D eigenvalue weighted by Crippen LogP contribution is 2.43. The third-order valence-corrected chi connectivity index (χ3v) is 6.99. The number of ketones is 1. The Morgan fingerprint density at radius 3 is 2.67 bits per heavy atom. The summed E-state index contributed by atoms with van der Waals surface area (Å²) in [7, 11) is 0. The Kier molecular flexibility index (Phi) is 5.20. The Labute approximate surface area is 191 Å². The molecule has 0 unspecified atom stereocenters. The largest absolute Gasteiger partial charge is 0.399 e. The van der Waals surface area contributed by atoms with Crippen LogP contribution in [0.15, 0.2) is 42.5 Å².